The molecule has 0 spiro atoms. The van der Waals surface area contributed by atoms with Crippen molar-refractivity contribution < 1.29 is 13.2 Å². The molecular weight excluding hydrogens is 426 g/mol. The van der Waals surface area contributed by atoms with Gasteiger partial charge in [-0.3, -0.25) is 4.72 Å². The smallest absolute Gasteiger partial charge is 0.262 e. The topological polar surface area (TPSA) is 87.7 Å². The van der Waals surface area contributed by atoms with Gasteiger partial charge in [-0.15, -0.1) is 0 Å². The maximum absolute atomic E-state index is 12.8. The van der Waals surface area contributed by atoms with Gasteiger partial charge in [-0.05, 0) is 49.7 Å². The van der Waals surface area contributed by atoms with Crippen molar-refractivity contribution >= 4 is 27.3 Å². The van der Waals surface area contributed by atoms with Crippen LogP contribution in [0.4, 0.5) is 17.3 Å². The van der Waals surface area contributed by atoms with Crippen LogP contribution in [0.1, 0.15) is 12.5 Å². The second kappa shape index (κ2) is 9.44. The van der Waals surface area contributed by atoms with E-state index < -0.39 is 10.0 Å². The molecule has 0 bridgehead atoms. The maximum atomic E-state index is 12.8. The first-order chi connectivity index (χ1) is 15.5. The van der Waals surface area contributed by atoms with Crippen molar-refractivity contribution in [1.29, 1.82) is 0 Å². The van der Waals surface area contributed by atoms with E-state index in [1.54, 1.807) is 12.1 Å². The van der Waals surface area contributed by atoms with Crippen LogP contribution in [0, 0.1) is 6.92 Å². The van der Waals surface area contributed by atoms with Crippen LogP contribution in [0.2, 0.25) is 0 Å². The zero-order valence-electron chi connectivity index (χ0n) is 18.2. The highest BCUT2D eigenvalue weighted by atomic mass is 32.2. The Morgan fingerprint density at radius 1 is 0.969 bits per heavy atom. The molecule has 2 heterocycles. The molecule has 0 aliphatic carbocycles. The van der Waals surface area contributed by atoms with Crippen LogP contribution >= 0.6 is 0 Å². The molecule has 0 atom stereocenters. The molecule has 8 nitrogen and oxygen atoms in total. The number of para-hydroxylation sites is 1. The van der Waals surface area contributed by atoms with Crippen molar-refractivity contribution in [2.75, 3.05) is 47.3 Å². The van der Waals surface area contributed by atoms with Gasteiger partial charge in [-0.25, -0.2) is 18.4 Å². The summed E-state index contributed by atoms with van der Waals surface area (Å²) in [4.78, 5) is 13.4. The number of ether oxygens (including phenoxy) is 1. The summed E-state index contributed by atoms with van der Waals surface area (Å²) in [6.45, 7) is 7.57. The molecule has 1 fully saturated rings. The summed E-state index contributed by atoms with van der Waals surface area (Å²) in [5, 5.41) is 0. The number of sulfonamides is 1. The Morgan fingerprint density at radius 3 is 2.25 bits per heavy atom. The minimum atomic E-state index is -3.75. The van der Waals surface area contributed by atoms with Crippen molar-refractivity contribution in [2.45, 2.75) is 18.7 Å². The largest absolute Gasteiger partial charge is 0.494 e. The number of nitrogens with zero attached hydrogens (tertiary/aromatic N) is 4. The van der Waals surface area contributed by atoms with Crippen molar-refractivity contribution in [3.8, 4) is 5.75 Å². The lowest BCUT2D eigenvalue weighted by Crippen LogP contribution is -2.47. The maximum Gasteiger partial charge on any atom is 0.262 e. The Hall–Kier alpha value is -3.33. The Labute approximate surface area is 188 Å². The van der Waals surface area contributed by atoms with Gasteiger partial charge in [0.25, 0.3) is 10.0 Å². The average Bonchev–Trinajstić information content (AvgIpc) is 2.81. The highest BCUT2D eigenvalue weighted by Crippen LogP contribution is 2.24. The Morgan fingerprint density at radius 2 is 1.62 bits per heavy atom. The van der Waals surface area contributed by atoms with Crippen LogP contribution in [0.15, 0.2) is 65.8 Å². The molecule has 168 valence electrons. The van der Waals surface area contributed by atoms with Gasteiger partial charge in [0.05, 0.1) is 29.6 Å². The highest BCUT2D eigenvalue weighted by molar-refractivity contribution is 7.92. The lowest BCUT2D eigenvalue weighted by atomic mass is 10.2. The predicted octanol–water partition coefficient (Wildman–Crippen LogP) is 3.31. The molecule has 1 aromatic heterocycles. The third-order valence-electron chi connectivity index (χ3n) is 5.33. The van der Waals surface area contributed by atoms with E-state index in [0.29, 0.717) is 24.0 Å². The molecule has 32 heavy (non-hydrogen) atoms. The summed E-state index contributed by atoms with van der Waals surface area (Å²) in [7, 11) is -3.75. The number of hydrogen-bond donors (Lipinski definition) is 1. The average molecular weight is 454 g/mol. The number of benzene rings is 2. The van der Waals surface area contributed by atoms with Crippen LogP contribution in [-0.2, 0) is 10.0 Å². The second-order valence-electron chi connectivity index (χ2n) is 7.55. The van der Waals surface area contributed by atoms with Crippen LogP contribution in [0.25, 0.3) is 0 Å². The summed E-state index contributed by atoms with van der Waals surface area (Å²) in [6, 6.07) is 15.1. The van der Waals surface area contributed by atoms with Gasteiger partial charge in [0.2, 0.25) is 5.95 Å². The predicted molar refractivity (Wildman–Crippen MR) is 126 cm³/mol. The molecule has 2 aromatic carbocycles. The van der Waals surface area contributed by atoms with Crippen LogP contribution < -0.4 is 19.3 Å². The van der Waals surface area contributed by atoms with E-state index in [1.807, 2.05) is 32.0 Å². The molecule has 3 aromatic rings. The molecule has 1 aliphatic heterocycles. The minimum Gasteiger partial charge on any atom is -0.494 e. The summed E-state index contributed by atoms with van der Waals surface area (Å²) in [5.41, 5.74) is 2.29. The first-order valence-electron chi connectivity index (χ1n) is 10.6. The third kappa shape index (κ3) is 4.94. The molecule has 0 unspecified atom stereocenters. The normalized spacial score (nSPS) is 14.3. The number of rotatable bonds is 7. The van der Waals surface area contributed by atoms with E-state index in [4.69, 9.17) is 4.74 Å². The molecule has 1 saturated heterocycles. The lowest BCUT2D eigenvalue weighted by molar-refractivity contribution is 0.337. The molecule has 1 N–H and O–H groups in total. The van der Waals surface area contributed by atoms with Crippen molar-refractivity contribution in [1.82, 2.24) is 9.97 Å². The molecule has 4 rings (SSSR count). The van der Waals surface area contributed by atoms with Gasteiger partial charge >= 0.3 is 0 Å². The zero-order chi connectivity index (χ0) is 22.6. The zero-order valence-corrected chi connectivity index (χ0v) is 19.0. The molecule has 0 amide bonds. The molecule has 9 heteroatoms. The van der Waals surface area contributed by atoms with Gasteiger partial charge < -0.3 is 14.5 Å². The fourth-order valence-electron chi connectivity index (χ4n) is 3.66. The van der Waals surface area contributed by atoms with E-state index in [2.05, 4.69) is 36.6 Å². The van der Waals surface area contributed by atoms with E-state index >= 15 is 0 Å². The molecular formula is C23H27N5O3S. The number of nitrogens with one attached hydrogen (secondary N) is 1. The second-order valence-corrected chi connectivity index (χ2v) is 9.23. The van der Waals surface area contributed by atoms with Gasteiger partial charge in [0.1, 0.15) is 5.75 Å². The lowest BCUT2D eigenvalue weighted by Gasteiger charge is -2.36. The summed E-state index contributed by atoms with van der Waals surface area (Å²) in [6.07, 6.45) is 3.01. The SMILES string of the molecule is CCOc1ccc(S(=O)(=O)Nc2cnc(N3CCN(c4ccccc4)CC3)nc2)cc1C. The summed E-state index contributed by atoms with van der Waals surface area (Å²) >= 11 is 0. The number of hydrogen-bond acceptors (Lipinski definition) is 7. The van der Waals surface area contributed by atoms with Crippen LogP contribution in [0.5, 0.6) is 5.75 Å². The molecule has 0 saturated carbocycles. The van der Waals surface area contributed by atoms with Crippen LogP contribution in [-0.4, -0.2) is 51.2 Å². The number of anilines is 3. The Bertz CT molecular complexity index is 1150. The van der Waals surface area contributed by atoms with Gasteiger partial charge in [0, 0.05) is 31.9 Å². The summed E-state index contributed by atoms with van der Waals surface area (Å²) < 4.78 is 33.5. The first-order valence-corrected chi connectivity index (χ1v) is 12.1. The van der Waals surface area contributed by atoms with Crippen molar-refractivity contribution in [3.05, 3.63) is 66.5 Å². The van der Waals surface area contributed by atoms with Gasteiger partial charge in [-0.2, -0.15) is 0 Å². The minimum absolute atomic E-state index is 0.166. The summed E-state index contributed by atoms with van der Waals surface area (Å²) in [5.74, 6) is 1.27. The van der Waals surface area contributed by atoms with E-state index in [-0.39, 0.29) is 4.90 Å². The van der Waals surface area contributed by atoms with E-state index in [9.17, 15) is 8.42 Å². The number of aromatic nitrogens is 2. The van der Waals surface area contributed by atoms with Crippen molar-refractivity contribution in [2.24, 2.45) is 0 Å². The quantitative estimate of drug-likeness (QED) is 0.587. The first kappa shape index (κ1) is 21.9. The van der Waals surface area contributed by atoms with Gasteiger partial charge in [0.15, 0.2) is 0 Å². The number of piperazine rings is 1. The monoisotopic (exact) mass is 453 g/mol. The Kier molecular flexibility index (Phi) is 6.45. The third-order valence-corrected chi connectivity index (χ3v) is 6.71. The standard InChI is InChI=1S/C23H27N5O3S/c1-3-31-22-10-9-21(15-18(22)2)32(29,30)26-19-16-24-23(25-17-19)28-13-11-27(12-14-28)20-7-5-4-6-8-20/h4-10,15-17,26H,3,11-14H2,1-2H3. The van der Waals surface area contributed by atoms with Crippen LogP contribution in [0.3, 0.4) is 0 Å². The van der Waals surface area contributed by atoms with Gasteiger partial charge in [-0.1, -0.05) is 18.2 Å². The number of aryl methyl sites for hydroxylation is 1. The Balaban J connectivity index is 1.39. The van der Waals surface area contributed by atoms with E-state index in [1.165, 1.54) is 24.1 Å². The molecule has 0 radical (unpaired) electrons. The highest BCUT2D eigenvalue weighted by Gasteiger charge is 2.20. The fraction of sp³-hybridized carbons (Fsp3) is 0.304. The fourth-order valence-corrected chi connectivity index (χ4v) is 4.77. The van der Waals surface area contributed by atoms with E-state index in [0.717, 1.165) is 31.7 Å². The molecule has 1 aliphatic rings. The van der Waals surface area contributed by atoms with Crippen molar-refractivity contribution in [3.63, 3.8) is 0 Å².